The van der Waals surface area contributed by atoms with E-state index in [1.54, 1.807) is 0 Å². The van der Waals surface area contributed by atoms with Gasteiger partial charge in [0.05, 0.1) is 5.25 Å². The first kappa shape index (κ1) is 29.3. The van der Waals surface area contributed by atoms with Gasteiger partial charge in [-0.25, -0.2) is 0 Å². The number of hydrogen-bond acceptors (Lipinski definition) is 7. The van der Waals surface area contributed by atoms with E-state index in [9.17, 15) is 9.59 Å². The summed E-state index contributed by atoms with van der Waals surface area (Å²) in [6.45, 7) is 11.4. The number of hydrogen-bond donors (Lipinski definition) is 1. The van der Waals surface area contributed by atoms with Crippen molar-refractivity contribution >= 4 is 33.9 Å². The molecule has 224 valence electrons. The monoisotopic (exact) mass is 598 g/mol. The number of rotatable bonds is 10. The van der Waals surface area contributed by atoms with Crippen molar-refractivity contribution in [3.8, 4) is 11.5 Å². The molecule has 0 radical (unpaired) electrons. The quantitative estimate of drug-likeness (QED) is 0.207. The van der Waals surface area contributed by atoms with Crippen LogP contribution in [-0.4, -0.2) is 40.5 Å². The molecule has 0 bridgehead atoms. The summed E-state index contributed by atoms with van der Waals surface area (Å²) in [5.41, 5.74) is 7.72. The van der Waals surface area contributed by atoms with Crippen molar-refractivity contribution in [2.75, 3.05) is 13.2 Å². The molecule has 3 aromatic carbocycles. The average molecular weight is 599 g/mol. The number of carbonyl (C=O) groups is 2. The first-order valence-corrected chi connectivity index (χ1v) is 15.8. The Kier molecular flexibility index (Phi) is 8.50. The van der Waals surface area contributed by atoms with Gasteiger partial charge < -0.3 is 13.9 Å². The van der Waals surface area contributed by atoms with E-state index in [-0.39, 0.29) is 16.4 Å². The summed E-state index contributed by atoms with van der Waals surface area (Å²) in [5, 5.41) is 2.88. The molecule has 2 atom stereocenters. The third-order valence-corrected chi connectivity index (χ3v) is 9.79. The Bertz CT molecular complexity index is 1650. The lowest BCUT2D eigenvalue weighted by Crippen LogP contribution is -2.33. The highest BCUT2D eigenvalue weighted by Gasteiger charge is 2.32. The fraction of sp³-hybridized carbons (Fsp3) is 0.371. The second-order valence-electron chi connectivity index (χ2n) is 11.6. The van der Waals surface area contributed by atoms with E-state index < -0.39 is 0 Å². The van der Waals surface area contributed by atoms with E-state index in [1.807, 2.05) is 42.5 Å². The highest BCUT2D eigenvalue weighted by atomic mass is 32.2. The molecular formula is C35H38N2O5S. The fourth-order valence-electron chi connectivity index (χ4n) is 6.26. The number of benzene rings is 3. The zero-order valence-corrected chi connectivity index (χ0v) is 26.0. The summed E-state index contributed by atoms with van der Waals surface area (Å²) in [6.07, 6.45) is 2.73. The van der Waals surface area contributed by atoms with Gasteiger partial charge in [-0.05, 0) is 87.9 Å². The van der Waals surface area contributed by atoms with Crippen LogP contribution in [0.5, 0.6) is 11.5 Å². The van der Waals surface area contributed by atoms with Crippen LogP contribution >= 0.6 is 11.8 Å². The van der Waals surface area contributed by atoms with Crippen molar-refractivity contribution < 1.29 is 23.5 Å². The minimum absolute atomic E-state index is 0.214. The van der Waals surface area contributed by atoms with Crippen LogP contribution in [0.3, 0.4) is 0 Å². The van der Waals surface area contributed by atoms with Crippen molar-refractivity contribution in [1.29, 1.82) is 0 Å². The van der Waals surface area contributed by atoms with Gasteiger partial charge in [0.2, 0.25) is 5.91 Å². The lowest BCUT2D eigenvalue weighted by molar-refractivity contribution is -0.118. The molecule has 2 aliphatic heterocycles. The number of aryl methyl sites for hydroxylation is 3. The van der Waals surface area contributed by atoms with Gasteiger partial charge in [0.15, 0.2) is 0 Å². The molecule has 43 heavy (non-hydrogen) atoms. The van der Waals surface area contributed by atoms with Gasteiger partial charge in [-0.1, -0.05) is 54.2 Å². The maximum atomic E-state index is 11.9. The van der Waals surface area contributed by atoms with Gasteiger partial charge in [0.1, 0.15) is 36.1 Å². The van der Waals surface area contributed by atoms with Crippen molar-refractivity contribution in [1.82, 2.24) is 10.2 Å². The Hall–Kier alpha value is -3.75. The van der Waals surface area contributed by atoms with Gasteiger partial charge in [0, 0.05) is 29.1 Å². The first-order valence-electron chi connectivity index (χ1n) is 14.9. The van der Waals surface area contributed by atoms with Gasteiger partial charge in [-0.3, -0.25) is 19.8 Å². The fourth-order valence-corrected chi connectivity index (χ4v) is 7.12. The van der Waals surface area contributed by atoms with Crippen molar-refractivity contribution in [3.63, 3.8) is 0 Å². The molecule has 0 aliphatic carbocycles. The summed E-state index contributed by atoms with van der Waals surface area (Å²) in [7, 11) is 0. The number of nitrogens with zero attached hydrogens (tertiary/aromatic N) is 1. The number of likely N-dealkylation sites (tertiary alicyclic amines) is 1. The summed E-state index contributed by atoms with van der Waals surface area (Å²) < 4.78 is 19.1. The largest absolute Gasteiger partial charge is 0.492 e. The van der Waals surface area contributed by atoms with Crippen LogP contribution in [0.15, 0.2) is 59.0 Å². The smallest absolute Gasteiger partial charge is 0.286 e. The van der Waals surface area contributed by atoms with Crippen LogP contribution in [0.2, 0.25) is 0 Å². The number of imide groups is 1. The summed E-state index contributed by atoms with van der Waals surface area (Å²) in [4.78, 5) is 25.9. The Morgan fingerprint density at radius 3 is 2.42 bits per heavy atom. The predicted molar refractivity (Wildman–Crippen MR) is 170 cm³/mol. The first-order chi connectivity index (χ1) is 20.8. The molecular weight excluding hydrogens is 560 g/mol. The van der Waals surface area contributed by atoms with E-state index in [0.717, 1.165) is 88.4 Å². The molecule has 8 heteroatoms. The van der Waals surface area contributed by atoms with Gasteiger partial charge in [-0.15, -0.1) is 0 Å². The molecule has 7 nitrogen and oxygen atoms in total. The van der Waals surface area contributed by atoms with Gasteiger partial charge in [0.25, 0.3) is 5.24 Å². The highest BCUT2D eigenvalue weighted by Crippen LogP contribution is 2.40. The number of thioether (sulfide) groups is 1. The molecule has 0 saturated carbocycles. The predicted octanol–water partition coefficient (Wildman–Crippen LogP) is 7.18. The van der Waals surface area contributed by atoms with Crippen LogP contribution < -0.4 is 14.8 Å². The molecule has 2 amide bonds. The van der Waals surface area contributed by atoms with Crippen LogP contribution in [-0.2, 0) is 24.4 Å². The third-order valence-electron chi connectivity index (χ3n) is 8.81. The number of fused-ring (bicyclic) bond motifs is 1. The zero-order chi connectivity index (χ0) is 30.1. The van der Waals surface area contributed by atoms with E-state index in [2.05, 4.69) is 50.0 Å². The van der Waals surface area contributed by atoms with Crippen molar-refractivity contribution in [2.45, 2.75) is 71.4 Å². The minimum atomic E-state index is -0.364. The molecule has 2 saturated heterocycles. The molecule has 2 aliphatic rings. The molecule has 1 N–H and O–H groups in total. The molecule has 6 rings (SSSR count). The lowest BCUT2D eigenvalue weighted by atomic mass is 9.97. The van der Waals surface area contributed by atoms with Crippen LogP contribution in [0.4, 0.5) is 4.79 Å². The van der Waals surface area contributed by atoms with Crippen LogP contribution in [0.1, 0.15) is 52.0 Å². The van der Waals surface area contributed by atoms with E-state index >= 15 is 0 Å². The topological polar surface area (TPSA) is 81.0 Å². The molecule has 0 spiro atoms. The number of carbonyl (C=O) groups excluding carboxylic acids is 2. The third kappa shape index (κ3) is 6.17. The lowest BCUT2D eigenvalue weighted by Gasteiger charge is -2.25. The SMILES string of the molecule is Cc1oc2c(C)c(C)c(OCc3ccccc3)c(C)c2c1CN1CCC[C@H]1COc1ccc(CC2SC(=O)NC2=O)cc1. The van der Waals surface area contributed by atoms with Gasteiger partial charge in [-0.2, -0.15) is 0 Å². The maximum Gasteiger partial charge on any atom is 0.286 e. The number of amides is 2. The Balaban J connectivity index is 1.14. The maximum absolute atomic E-state index is 11.9. The van der Waals surface area contributed by atoms with E-state index in [1.165, 1.54) is 10.9 Å². The Labute approximate surface area is 256 Å². The Morgan fingerprint density at radius 1 is 0.930 bits per heavy atom. The van der Waals surface area contributed by atoms with Crippen molar-refractivity contribution in [3.05, 3.63) is 93.7 Å². The van der Waals surface area contributed by atoms with Gasteiger partial charge >= 0.3 is 0 Å². The molecule has 3 heterocycles. The molecule has 4 aromatic rings. The normalized spacial score (nSPS) is 18.9. The van der Waals surface area contributed by atoms with E-state index in [0.29, 0.717) is 25.7 Å². The highest BCUT2D eigenvalue weighted by molar-refractivity contribution is 8.15. The molecule has 1 unspecified atom stereocenters. The Morgan fingerprint density at radius 2 is 1.70 bits per heavy atom. The second-order valence-corrected chi connectivity index (χ2v) is 12.8. The minimum Gasteiger partial charge on any atom is -0.492 e. The number of furan rings is 1. The van der Waals surface area contributed by atoms with Crippen molar-refractivity contribution in [2.24, 2.45) is 0 Å². The molecule has 2 fully saturated rings. The number of ether oxygens (including phenoxy) is 2. The average Bonchev–Trinajstić information content (AvgIpc) is 3.68. The summed E-state index contributed by atoms with van der Waals surface area (Å²) in [5.74, 6) is 2.49. The second kappa shape index (κ2) is 12.5. The number of nitrogens with one attached hydrogen (secondary N) is 1. The summed E-state index contributed by atoms with van der Waals surface area (Å²) in [6, 6.07) is 18.4. The summed E-state index contributed by atoms with van der Waals surface area (Å²) >= 11 is 1.06. The molecule has 1 aromatic heterocycles. The van der Waals surface area contributed by atoms with Crippen LogP contribution in [0, 0.1) is 27.7 Å². The van der Waals surface area contributed by atoms with Crippen LogP contribution in [0.25, 0.3) is 11.0 Å². The van der Waals surface area contributed by atoms with E-state index in [4.69, 9.17) is 13.9 Å². The standard InChI is InChI=1S/C35H38N2O5S/c1-21-22(2)33-31(23(3)32(21)41-19-26-9-6-5-7-10-26)29(24(4)42-33)18-37-16-8-11-27(37)20-40-28-14-12-25(13-15-28)17-30-34(38)36-35(39)43-30/h5-7,9-10,12-15,27,30H,8,11,16-20H2,1-4H3,(H,36,38,39)/t27-,30?/m0/s1. The zero-order valence-electron chi connectivity index (χ0n) is 25.2.